The van der Waals surface area contributed by atoms with Gasteiger partial charge in [-0.25, -0.2) is 0 Å². The van der Waals surface area contributed by atoms with Crippen LogP contribution in [0.1, 0.15) is 63.4 Å². The monoisotopic (exact) mass is 344 g/mol. The van der Waals surface area contributed by atoms with Crippen LogP contribution in [0.2, 0.25) is 0 Å². The summed E-state index contributed by atoms with van der Waals surface area (Å²) < 4.78 is 1.31. The minimum Gasteiger partial charge on any atom is -0.0864 e. The molecule has 0 N–H and O–H groups in total. The van der Waals surface area contributed by atoms with Crippen LogP contribution in [-0.4, -0.2) is 4.43 Å². The van der Waals surface area contributed by atoms with E-state index in [1.807, 2.05) is 0 Å². The number of hydrogen-bond donors (Lipinski definition) is 0. The highest BCUT2D eigenvalue weighted by molar-refractivity contribution is 14.1. The first kappa shape index (κ1) is 15.0. The molecule has 0 saturated carbocycles. The smallest absolute Gasteiger partial charge is 0.000473 e. The molecule has 1 atom stereocenters. The van der Waals surface area contributed by atoms with Gasteiger partial charge in [0.15, 0.2) is 0 Å². The lowest BCUT2D eigenvalue weighted by molar-refractivity contribution is 0.516. The van der Waals surface area contributed by atoms with Gasteiger partial charge < -0.3 is 0 Å². The third kappa shape index (κ3) is 6.44. The molecular weight excluding hydrogens is 319 g/mol. The van der Waals surface area contributed by atoms with Gasteiger partial charge in [0.05, 0.1) is 0 Å². The van der Waals surface area contributed by atoms with Crippen LogP contribution in [-0.2, 0) is 0 Å². The van der Waals surface area contributed by atoms with Crippen molar-refractivity contribution in [3.8, 4) is 0 Å². The molecule has 0 bridgehead atoms. The average Bonchev–Trinajstić information content (AvgIpc) is 2.39. The van der Waals surface area contributed by atoms with Crippen molar-refractivity contribution in [1.82, 2.24) is 0 Å². The Hall–Kier alpha value is -0.0500. The molecule has 0 aliphatic heterocycles. The summed E-state index contributed by atoms with van der Waals surface area (Å²) in [6, 6.07) is 11.1. The highest BCUT2D eigenvalue weighted by atomic mass is 127. The fourth-order valence-corrected chi connectivity index (χ4v) is 2.85. The van der Waals surface area contributed by atoms with Crippen molar-refractivity contribution < 1.29 is 0 Å². The summed E-state index contributed by atoms with van der Waals surface area (Å²) in [5, 5.41) is 0. The number of alkyl halides is 1. The van der Waals surface area contributed by atoms with Crippen LogP contribution in [0.25, 0.3) is 0 Å². The van der Waals surface area contributed by atoms with E-state index in [-0.39, 0.29) is 0 Å². The van der Waals surface area contributed by atoms with Gasteiger partial charge in [-0.3, -0.25) is 0 Å². The Morgan fingerprint density at radius 3 is 2.29 bits per heavy atom. The van der Waals surface area contributed by atoms with E-state index < -0.39 is 0 Å². The first-order chi connectivity index (χ1) is 8.38. The maximum atomic E-state index is 2.48. The van der Waals surface area contributed by atoms with Gasteiger partial charge in [0.2, 0.25) is 0 Å². The molecule has 1 aromatic rings. The summed E-state index contributed by atoms with van der Waals surface area (Å²) in [6.07, 6.45) is 9.61. The molecule has 0 heterocycles. The molecular formula is C16H25I. The van der Waals surface area contributed by atoms with Crippen LogP contribution in [0.3, 0.4) is 0 Å². The largest absolute Gasteiger partial charge is 0.0864 e. The number of hydrogen-bond acceptors (Lipinski definition) is 0. The molecule has 0 amide bonds. The maximum Gasteiger partial charge on any atom is -0.000473 e. The van der Waals surface area contributed by atoms with E-state index in [9.17, 15) is 0 Å². The summed E-state index contributed by atoms with van der Waals surface area (Å²) in [5.74, 6) is 0.797. The van der Waals surface area contributed by atoms with Gasteiger partial charge >= 0.3 is 0 Å². The van der Waals surface area contributed by atoms with Crippen molar-refractivity contribution >= 4 is 22.6 Å². The van der Waals surface area contributed by atoms with Gasteiger partial charge in [-0.1, -0.05) is 85.5 Å². The van der Waals surface area contributed by atoms with Crippen LogP contribution in [0.5, 0.6) is 0 Å². The zero-order chi connectivity index (χ0) is 12.3. The Morgan fingerprint density at radius 1 is 0.941 bits per heavy atom. The van der Waals surface area contributed by atoms with Gasteiger partial charge in [0.1, 0.15) is 0 Å². The highest BCUT2D eigenvalue weighted by Crippen LogP contribution is 2.27. The van der Waals surface area contributed by atoms with Crippen molar-refractivity contribution in [2.75, 3.05) is 4.43 Å². The second kappa shape index (κ2) is 9.93. The molecule has 0 aliphatic rings. The first-order valence-electron chi connectivity index (χ1n) is 6.99. The SMILES string of the molecule is CCCCC(CCCCCI)c1ccccc1. The highest BCUT2D eigenvalue weighted by Gasteiger charge is 2.10. The average molecular weight is 344 g/mol. The lowest BCUT2D eigenvalue weighted by Crippen LogP contribution is -1.99. The molecule has 1 rings (SSSR count). The summed E-state index contributed by atoms with van der Waals surface area (Å²) >= 11 is 2.48. The van der Waals surface area contributed by atoms with Crippen molar-refractivity contribution in [3.05, 3.63) is 35.9 Å². The topological polar surface area (TPSA) is 0 Å². The van der Waals surface area contributed by atoms with E-state index in [0.717, 1.165) is 5.92 Å². The number of unbranched alkanes of at least 4 members (excludes halogenated alkanes) is 3. The van der Waals surface area contributed by atoms with Gasteiger partial charge in [-0.05, 0) is 35.2 Å². The maximum absolute atomic E-state index is 2.48. The van der Waals surface area contributed by atoms with Gasteiger partial charge in [0, 0.05) is 0 Å². The lowest BCUT2D eigenvalue weighted by Gasteiger charge is -2.17. The van der Waals surface area contributed by atoms with Crippen LogP contribution in [0.4, 0.5) is 0 Å². The van der Waals surface area contributed by atoms with E-state index in [1.165, 1.54) is 49.4 Å². The molecule has 0 nitrogen and oxygen atoms in total. The van der Waals surface area contributed by atoms with E-state index in [0.29, 0.717) is 0 Å². The van der Waals surface area contributed by atoms with Crippen LogP contribution < -0.4 is 0 Å². The molecule has 17 heavy (non-hydrogen) atoms. The van der Waals surface area contributed by atoms with Crippen molar-refractivity contribution in [2.45, 2.75) is 57.8 Å². The van der Waals surface area contributed by atoms with Gasteiger partial charge in [-0.15, -0.1) is 0 Å². The third-order valence-electron chi connectivity index (χ3n) is 3.36. The molecule has 0 spiro atoms. The summed E-state index contributed by atoms with van der Waals surface area (Å²) in [6.45, 7) is 2.29. The molecule has 0 aromatic heterocycles. The molecule has 1 heteroatoms. The zero-order valence-corrected chi connectivity index (χ0v) is 13.2. The zero-order valence-electron chi connectivity index (χ0n) is 11.0. The standard InChI is InChI=1S/C16H25I/c1-2-3-10-15(13-8-5-9-14-17)16-11-6-4-7-12-16/h4,6-7,11-12,15H,2-3,5,8-10,13-14H2,1H3. The van der Waals surface area contributed by atoms with Crippen LogP contribution in [0, 0.1) is 0 Å². The predicted octanol–water partition coefficient (Wildman–Crippen LogP) is 5.96. The van der Waals surface area contributed by atoms with E-state index in [1.54, 1.807) is 5.56 Å². The molecule has 96 valence electrons. The van der Waals surface area contributed by atoms with Gasteiger partial charge in [0.25, 0.3) is 0 Å². The molecule has 0 fully saturated rings. The first-order valence-corrected chi connectivity index (χ1v) is 8.52. The number of halogens is 1. The van der Waals surface area contributed by atoms with Crippen LogP contribution in [0.15, 0.2) is 30.3 Å². The molecule has 0 aliphatic carbocycles. The van der Waals surface area contributed by atoms with Crippen molar-refractivity contribution in [3.63, 3.8) is 0 Å². The summed E-state index contributed by atoms with van der Waals surface area (Å²) in [5.41, 5.74) is 1.55. The molecule has 0 saturated heterocycles. The number of benzene rings is 1. The van der Waals surface area contributed by atoms with Crippen LogP contribution >= 0.6 is 22.6 Å². The van der Waals surface area contributed by atoms with Gasteiger partial charge in [-0.2, -0.15) is 0 Å². The summed E-state index contributed by atoms with van der Waals surface area (Å²) in [7, 11) is 0. The minimum absolute atomic E-state index is 0.797. The quantitative estimate of drug-likeness (QED) is 0.295. The molecule has 0 radical (unpaired) electrons. The Labute approximate surface area is 120 Å². The second-order valence-corrected chi connectivity index (χ2v) is 5.87. The Balaban J connectivity index is 2.43. The third-order valence-corrected chi connectivity index (χ3v) is 4.13. The normalized spacial score (nSPS) is 12.6. The Kier molecular flexibility index (Phi) is 8.76. The molecule has 1 aromatic carbocycles. The Bertz CT molecular complexity index is 268. The fourth-order valence-electron chi connectivity index (χ4n) is 2.32. The Morgan fingerprint density at radius 2 is 1.65 bits per heavy atom. The fraction of sp³-hybridized carbons (Fsp3) is 0.625. The predicted molar refractivity (Wildman–Crippen MR) is 86.1 cm³/mol. The van der Waals surface area contributed by atoms with E-state index >= 15 is 0 Å². The lowest BCUT2D eigenvalue weighted by atomic mass is 9.89. The number of rotatable bonds is 9. The molecule has 1 unspecified atom stereocenters. The van der Waals surface area contributed by atoms with E-state index in [2.05, 4.69) is 59.8 Å². The summed E-state index contributed by atoms with van der Waals surface area (Å²) in [4.78, 5) is 0. The second-order valence-electron chi connectivity index (χ2n) is 4.79. The van der Waals surface area contributed by atoms with Crippen molar-refractivity contribution in [2.24, 2.45) is 0 Å². The van der Waals surface area contributed by atoms with Crippen molar-refractivity contribution in [1.29, 1.82) is 0 Å². The minimum atomic E-state index is 0.797. The van der Waals surface area contributed by atoms with E-state index in [4.69, 9.17) is 0 Å².